The van der Waals surface area contributed by atoms with Gasteiger partial charge in [-0.25, -0.2) is 4.98 Å². The van der Waals surface area contributed by atoms with E-state index >= 15 is 0 Å². The van der Waals surface area contributed by atoms with Gasteiger partial charge in [0.2, 0.25) is 5.78 Å². The van der Waals surface area contributed by atoms with Crippen molar-refractivity contribution >= 4 is 34.6 Å². The first kappa shape index (κ1) is 22.3. The van der Waals surface area contributed by atoms with Gasteiger partial charge < -0.3 is 10.6 Å². The number of Topliss-reactive ketones (excluding diaryl/α,β-unsaturated/α-hetero) is 1. The molecule has 1 aliphatic heterocycles. The van der Waals surface area contributed by atoms with Crippen LogP contribution in [0.25, 0.3) is 10.4 Å². The quantitative estimate of drug-likeness (QED) is 0.441. The average molecular weight is 480 g/mol. The highest BCUT2D eigenvalue weighted by Gasteiger charge is 2.37. The minimum Gasteiger partial charge on any atom is -0.340 e. The number of carbonyl (C=O) groups excluding carboxylic acids is 2. The zero-order chi connectivity index (χ0) is 22.8. The molecule has 0 bridgehead atoms. The van der Waals surface area contributed by atoms with Crippen molar-refractivity contribution < 1.29 is 9.59 Å². The van der Waals surface area contributed by atoms with E-state index in [9.17, 15) is 9.59 Å². The van der Waals surface area contributed by atoms with Gasteiger partial charge >= 0.3 is 0 Å². The van der Waals surface area contributed by atoms with Crippen LogP contribution < -0.4 is 10.6 Å². The first-order valence-electron chi connectivity index (χ1n) is 11.5. The molecule has 2 aliphatic rings. The molecule has 3 aromatic rings. The summed E-state index contributed by atoms with van der Waals surface area (Å²) in [4.78, 5) is 32.9. The summed E-state index contributed by atoms with van der Waals surface area (Å²) in [6.45, 7) is 0.826. The van der Waals surface area contributed by atoms with Crippen LogP contribution in [0.1, 0.15) is 63.9 Å². The molecule has 5 nitrogen and oxygen atoms in total. The van der Waals surface area contributed by atoms with E-state index in [-0.39, 0.29) is 17.7 Å². The summed E-state index contributed by atoms with van der Waals surface area (Å²) >= 11 is 7.87. The van der Waals surface area contributed by atoms with Crippen molar-refractivity contribution in [3.05, 3.63) is 75.9 Å². The second-order valence-corrected chi connectivity index (χ2v) is 10.2. The maximum atomic E-state index is 14.0. The van der Waals surface area contributed by atoms with Gasteiger partial charge in [0.05, 0.1) is 20.5 Å². The number of amides is 1. The van der Waals surface area contributed by atoms with Gasteiger partial charge in [-0.1, -0.05) is 60.5 Å². The monoisotopic (exact) mass is 479 g/mol. The number of piperidine rings is 1. The predicted molar refractivity (Wildman–Crippen MR) is 132 cm³/mol. The number of benzene rings is 2. The number of carbonyl (C=O) groups is 2. The van der Waals surface area contributed by atoms with Crippen LogP contribution in [0, 0.1) is 0 Å². The van der Waals surface area contributed by atoms with Gasteiger partial charge in [-0.3, -0.25) is 9.59 Å². The Morgan fingerprint density at radius 3 is 2.48 bits per heavy atom. The Labute approximate surface area is 202 Å². The molecule has 2 N–H and O–H groups in total. The number of thiazole rings is 1. The molecule has 170 valence electrons. The molecule has 1 aliphatic carbocycles. The van der Waals surface area contributed by atoms with E-state index < -0.39 is 6.04 Å². The number of nitrogens with zero attached hydrogens (tertiary/aromatic N) is 1. The third-order valence-electron chi connectivity index (χ3n) is 6.28. The van der Waals surface area contributed by atoms with Crippen molar-refractivity contribution in [1.82, 2.24) is 15.6 Å². The normalized spacial score (nSPS) is 19.1. The Hall–Kier alpha value is -2.54. The number of halogens is 1. The van der Waals surface area contributed by atoms with Crippen LogP contribution in [0.5, 0.6) is 0 Å². The van der Waals surface area contributed by atoms with E-state index in [1.165, 1.54) is 0 Å². The number of aromatic nitrogens is 1. The first-order chi connectivity index (χ1) is 16.1. The lowest BCUT2D eigenvalue weighted by Crippen LogP contribution is -2.55. The zero-order valence-corrected chi connectivity index (χ0v) is 19.8. The highest BCUT2D eigenvalue weighted by Crippen LogP contribution is 2.45. The topological polar surface area (TPSA) is 71.1 Å². The molecule has 1 aromatic heterocycles. The van der Waals surface area contributed by atoms with Gasteiger partial charge in [0, 0.05) is 12.0 Å². The Morgan fingerprint density at radius 1 is 1.03 bits per heavy atom. The van der Waals surface area contributed by atoms with Crippen molar-refractivity contribution in [2.75, 3.05) is 6.54 Å². The molecular formula is C26H26ClN3O2S. The summed E-state index contributed by atoms with van der Waals surface area (Å²) in [5, 5.41) is 7.84. The van der Waals surface area contributed by atoms with Crippen LogP contribution in [-0.2, 0) is 0 Å². The molecule has 0 spiro atoms. The van der Waals surface area contributed by atoms with Crippen molar-refractivity contribution in [2.24, 2.45) is 0 Å². The maximum Gasteiger partial charge on any atom is 0.253 e. The minimum atomic E-state index is -0.717. The third kappa shape index (κ3) is 4.88. The maximum absolute atomic E-state index is 14.0. The Balaban J connectivity index is 1.51. The SMILES string of the molecule is O=C(NC(C(=O)c1nc(C2CC2)sc1-c1ccccc1)C1CCCCN1)c1ccccc1Cl. The average Bonchev–Trinajstić information content (AvgIpc) is 3.61. The van der Waals surface area contributed by atoms with Crippen LogP contribution >= 0.6 is 22.9 Å². The Kier molecular flexibility index (Phi) is 6.58. The summed E-state index contributed by atoms with van der Waals surface area (Å²) in [7, 11) is 0. The molecule has 2 fully saturated rings. The summed E-state index contributed by atoms with van der Waals surface area (Å²) in [6.07, 6.45) is 5.13. The van der Waals surface area contributed by atoms with Crippen molar-refractivity contribution in [2.45, 2.75) is 50.1 Å². The minimum absolute atomic E-state index is 0.142. The zero-order valence-electron chi connectivity index (χ0n) is 18.2. The fraction of sp³-hybridized carbons (Fsp3) is 0.346. The second kappa shape index (κ2) is 9.75. The third-order valence-corrected chi connectivity index (χ3v) is 7.87. The van der Waals surface area contributed by atoms with Gasteiger partial charge in [-0.15, -0.1) is 11.3 Å². The highest BCUT2D eigenvalue weighted by molar-refractivity contribution is 7.15. The smallest absolute Gasteiger partial charge is 0.253 e. The summed E-state index contributed by atoms with van der Waals surface area (Å²) < 4.78 is 0. The fourth-order valence-corrected chi connectivity index (χ4v) is 5.78. The lowest BCUT2D eigenvalue weighted by molar-refractivity contribution is 0.0823. The van der Waals surface area contributed by atoms with Crippen molar-refractivity contribution in [3.8, 4) is 10.4 Å². The van der Waals surface area contributed by atoms with E-state index in [0.717, 1.165) is 54.1 Å². The standard InChI is InChI=1S/C26H26ClN3O2S/c27-19-11-5-4-10-18(19)25(32)29-21(20-12-6-7-15-28-20)23(31)22-24(16-8-2-1-3-9-16)33-26(30-22)17-13-14-17/h1-5,8-11,17,20-21,28H,6-7,12-15H2,(H,29,32). The molecular weight excluding hydrogens is 454 g/mol. The lowest BCUT2D eigenvalue weighted by Gasteiger charge is -2.31. The van der Waals surface area contributed by atoms with Gasteiger partial charge in [-0.2, -0.15) is 0 Å². The molecule has 1 saturated heterocycles. The molecule has 7 heteroatoms. The van der Waals surface area contributed by atoms with Crippen molar-refractivity contribution in [3.63, 3.8) is 0 Å². The van der Waals surface area contributed by atoms with Crippen molar-refractivity contribution in [1.29, 1.82) is 0 Å². The van der Waals surface area contributed by atoms with E-state index in [1.807, 2.05) is 30.3 Å². The molecule has 0 radical (unpaired) electrons. The molecule has 2 atom stereocenters. The summed E-state index contributed by atoms with van der Waals surface area (Å²) in [6, 6.07) is 16.0. The first-order valence-corrected chi connectivity index (χ1v) is 12.7. The summed E-state index contributed by atoms with van der Waals surface area (Å²) in [5.74, 6) is -0.0370. The number of hydrogen-bond donors (Lipinski definition) is 2. The van der Waals surface area contributed by atoms with Crippen LogP contribution in [0.3, 0.4) is 0 Å². The number of hydrogen-bond acceptors (Lipinski definition) is 5. The molecule has 2 heterocycles. The number of ketones is 1. The van der Waals surface area contributed by atoms with Crippen LogP contribution in [0.4, 0.5) is 0 Å². The Morgan fingerprint density at radius 2 is 1.79 bits per heavy atom. The molecule has 2 aromatic carbocycles. The fourth-order valence-electron chi connectivity index (χ4n) is 4.32. The van der Waals surface area contributed by atoms with E-state index in [0.29, 0.717) is 22.2 Å². The molecule has 1 amide bonds. The van der Waals surface area contributed by atoms with E-state index in [4.69, 9.17) is 16.6 Å². The van der Waals surface area contributed by atoms with Gasteiger partial charge in [0.1, 0.15) is 11.7 Å². The van der Waals surface area contributed by atoms with Gasteiger partial charge in [-0.05, 0) is 49.9 Å². The number of rotatable bonds is 7. The van der Waals surface area contributed by atoms with Crippen LogP contribution in [0.2, 0.25) is 5.02 Å². The number of nitrogens with one attached hydrogen (secondary N) is 2. The Bertz CT molecular complexity index is 1150. The predicted octanol–water partition coefficient (Wildman–Crippen LogP) is 5.46. The lowest BCUT2D eigenvalue weighted by atomic mass is 9.92. The van der Waals surface area contributed by atoms with E-state index in [1.54, 1.807) is 35.6 Å². The van der Waals surface area contributed by atoms with Crippen LogP contribution in [-0.4, -0.2) is 35.3 Å². The largest absolute Gasteiger partial charge is 0.340 e. The van der Waals surface area contributed by atoms with Gasteiger partial charge in [0.25, 0.3) is 5.91 Å². The molecule has 1 saturated carbocycles. The highest BCUT2D eigenvalue weighted by atomic mass is 35.5. The van der Waals surface area contributed by atoms with E-state index in [2.05, 4.69) is 10.6 Å². The second-order valence-electron chi connectivity index (χ2n) is 8.72. The molecule has 2 unspecified atom stereocenters. The van der Waals surface area contributed by atoms with Crippen LogP contribution in [0.15, 0.2) is 54.6 Å². The molecule has 33 heavy (non-hydrogen) atoms. The molecule has 5 rings (SSSR count). The van der Waals surface area contributed by atoms with Gasteiger partial charge in [0.15, 0.2) is 0 Å². The summed E-state index contributed by atoms with van der Waals surface area (Å²) in [5.41, 5.74) is 1.82.